The highest BCUT2D eigenvalue weighted by Crippen LogP contribution is 2.36. The summed E-state index contributed by atoms with van der Waals surface area (Å²) in [5, 5.41) is 9.34. The standard InChI is InChI=1S/C42H48N8O4/c1-5-47(3)37(32-11-7-6-8-12-32)41(52)50-24-10-14-36(50)39-44-26-34(46-39)31-21-17-29(18-22-31)28-15-19-30(20-16-28)33-25-43-38(45-33)35-13-9-23-49(35)40(51)27(2)48(4)42(53)54/h6-8,11-12,15-22,25-27,35-37H,5,9-10,13-14,23-24H2,1-4H3,(H,43,45)(H,44,46)(H,53,54)/t27-,35-,36?,37?/m0/s1. The normalized spacial score (nSPS) is 18.2. The van der Waals surface area contributed by atoms with Crippen LogP contribution in [-0.4, -0.2) is 102 Å². The lowest BCUT2D eigenvalue weighted by molar-refractivity contribution is -0.138. The van der Waals surface area contributed by atoms with E-state index in [0.29, 0.717) is 18.9 Å². The lowest BCUT2D eigenvalue weighted by Crippen LogP contribution is -2.47. The van der Waals surface area contributed by atoms with Gasteiger partial charge in [-0.3, -0.25) is 19.4 Å². The maximum absolute atomic E-state index is 14.0. The number of rotatable bonds is 11. The van der Waals surface area contributed by atoms with Crippen LogP contribution in [-0.2, 0) is 9.59 Å². The van der Waals surface area contributed by atoms with Gasteiger partial charge in [0.2, 0.25) is 11.8 Å². The number of carbonyl (C=O) groups is 3. The lowest BCUT2D eigenvalue weighted by atomic mass is 10.0. The van der Waals surface area contributed by atoms with Crippen LogP contribution < -0.4 is 0 Å². The molecule has 0 saturated carbocycles. The summed E-state index contributed by atoms with van der Waals surface area (Å²) in [6.45, 7) is 5.74. The van der Waals surface area contributed by atoms with E-state index in [2.05, 4.69) is 75.3 Å². The van der Waals surface area contributed by atoms with E-state index in [1.165, 1.54) is 7.05 Å². The smallest absolute Gasteiger partial charge is 0.407 e. The fourth-order valence-electron chi connectivity index (χ4n) is 7.75. The first-order chi connectivity index (χ1) is 26.1. The van der Waals surface area contributed by atoms with Gasteiger partial charge in [-0.15, -0.1) is 0 Å². The molecule has 7 rings (SSSR count). The third-order valence-corrected chi connectivity index (χ3v) is 11.1. The van der Waals surface area contributed by atoms with Gasteiger partial charge in [0.1, 0.15) is 23.7 Å². The van der Waals surface area contributed by atoms with E-state index in [1.807, 2.05) is 48.5 Å². The highest BCUT2D eigenvalue weighted by atomic mass is 16.4. The molecule has 4 atom stereocenters. The lowest BCUT2D eigenvalue weighted by Gasteiger charge is -2.32. The van der Waals surface area contributed by atoms with E-state index in [4.69, 9.17) is 4.98 Å². The molecule has 2 saturated heterocycles. The Hall–Kier alpha value is -5.75. The van der Waals surface area contributed by atoms with Crippen LogP contribution >= 0.6 is 0 Å². The minimum absolute atomic E-state index is 0.0967. The molecule has 12 heteroatoms. The van der Waals surface area contributed by atoms with Crippen molar-refractivity contribution in [1.82, 2.24) is 39.5 Å². The largest absolute Gasteiger partial charge is 0.465 e. The van der Waals surface area contributed by atoms with E-state index in [1.54, 1.807) is 18.0 Å². The minimum atomic E-state index is -1.13. The minimum Gasteiger partial charge on any atom is -0.465 e. The number of nitrogens with zero attached hydrogens (tertiary/aromatic N) is 6. The maximum atomic E-state index is 14.0. The molecule has 12 nitrogen and oxygen atoms in total. The van der Waals surface area contributed by atoms with E-state index >= 15 is 0 Å². The number of benzene rings is 3. The van der Waals surface area contributed by atoms with Gasteiger partial charge in [0.05, 0.1) is 35.9 Å². The van der Waals surface area contributed by atoms with Gasteiger partial charge in [-0.05, 0) is 74.0 Å². The zero-order valence-corrected chi connectivity index (χ0v) is 31.3. The van der Waals surface area contributed by atoms with Crippen molar-refractivity contribution in [2.45, 2.75) is 63.7 Å². The van der Waals surface area contributed by atoms with Crippen molar-refractivity contribution in [3.63, 3.8) is 0 Å². The van der Waals surface area contributed by atoms with Crippen LogP contribution in [0.2, 0.25) is 0 Å². The zero-order chi connectivity index (χ0) is 37.9. The molecular weight excluding hydrogens is 681 g/mol. The van der Waals surface area contributed by atoms with Gasteiger partial charge in [-0.1, -0.05) is 85.8 Å². The second-order valence-corrected chi connectivity index (χ2v) is 14.4. The summed E-state index contributed by atoms with van der Waals surface area (Å²) in [7, 11) is 3.42. The fourth-order valence-corrected chi connectivity index (χ4v) is 7.75. The Bertz CT molecular complexity index is 2080. The van der Waals surface area contributed by atoms with Gasteiger partial charge in [0.15, 0.2) is 0 Å². The summed E-state index contributed by atoms with van der Waals surface area (Å²) in [6.07, 6.45) is 5.92. The van der Waals surface area contributed by atoms with Gasteiger partial charge in [-0.25, -0.2) is 14.8 Å². The molecular formula is C42H48N8O4. The van der Waals surface area contributed by atoms with Gasteiger partial charge >= 0.3 is 6.09 Å². The second-order valence-electron chi connectivity index (χ2n) is 14.4. The molecule has 5 aromatic rings. The number of aromatic nitrogens is 4. The molecule has 4 heterocycles. The molecule has 2 unspecified atom stereocenters. The Kier molecular flexibility index (Phi) is 10.6. The molecule has 280 valence electrons. The van der Waals surface area contributed by atoms with Crippen LogP contribution in [0, 0.1) is 0 Å². The van der Waals surface area contributed by atoms with E-state index in [0.717, 1.165) is 82.2 Å². The summed E-state index contributed by atoms with van der Waals surface area (Å²) < 4.78 is 0. The van der Waals surface area contributed by atoms with Crippen molar-refractivity contribution in [1.29, 1.82) is 0 Å². The Labute approximate surface area is 315 Å². The van der Waals surface area contributed by atoms with Crippen molar-refractivity contribution in [2.75, 3.05) is 33.7 Å². The quantitative estimate of drug-likeness (QED) is 0.131. The van der Waals surface area contributed by atoms with E-state index in [-0.39, 0.29) is 29.9 Å². The number of hydrogen-bond acceptors (Lipinski definition) is 6. The monoisotopic (exact) mass is 728 g/mol. The van der Waals surface area contributed by atoms with Crippen LogP contribution in [0.1, 0.15) is 74.9 Å². The summed E-state index contributed by atoms with van der Waals surface area (Å²) in [5.41, 5.74) is 6.92. The summed E-state index contributed by atoms with van der Waals surface area (Å²) >= 11 is 0. The predicted molar refractivity (Wildman–Crippen MR) is 207 cm³/mol. The van der Waals surface area contributed by atoms with Gasteiger partial charge in [0.25, 0.3) is 0 Å². The highest BCUT2D eigenvalue weighted by Gasteiger charge is 2.38. The molecule has 3 amide bonds. The Morgan fingerprint density at radius 2 is 1.20 bits per heavy atom. The van der Waals surface area contributed by atoms with E-state index < -0.39 is 12.1 Å². The number of H-pyrrole nitrogens is 2. The number of carbonyl (C=O) groups excluding carboxylic acids is 2. The molecule has 3 N–H and O–H groups in total. The number of hydrogen-bond donors (Lipinski definition) is 3. The van der Waals surface area contributed by atoms with Crippen LogP contribution in [0.4, 0.5) is 4.79 Å². The third kappa shape index (κ3) is 7.25. The van der Waals surface area contributed by atoms with Gasteiger partial charge in [-0.2, -0.15) is 0 Å². The molecule has 2 aromatic heterocycles. The van der Waals surface area contributed by atoms with Crippen molar-refractivity contribution in [3.8, 4) is 33.6 Å². The van der Waals surface area contributed by atoms with Crippen LogP contribution in [0.3, 0.4) is 0 Å². The summed E-state index contributed by atoms with van der Waals surface area (Å²) in [5.74, 6) is 1.41. The van der Waals surface area contributed by atoms with Crippen LogP contribution in [0.15, 0.2) is 91.3 Å². The number of nitrogens with one attached hydrogen (secondary N) is 2. The molecule has 0 bridgehead atoms. The van der Waals surface area contributed by atoms with Crippen molar-refractivity contribution < 1.29 is 19.5 Å². The Balaban J connectivity index is 1.01. The number of amides is 3. The number of aromatic amines is 2. The SMILES string of the molecule is CCN(C)C(C(=O)N1CCCC1c1ncc(-c2ccc(-c3ccc(-c4cnc([C@@H]5CCCN5C(=O)[C@H](C)N(C)C(=O)O)[nH]4)cc3)cc2)[nH]1)c1ccccc1. The molecule has 2 aliphatic heterocycles. The van der Waals surface area contributed by atoms with Gasteiger partial charge < -0.3 is 24.9 Å². The molecule has 54 heavy (non-hydrogen) atoms. The van der Waals surface area contributed by atoms with E-state index in [9.17, 15) is 19.5 Å². The van der Waals surface area contributed by atoms with Crippen molar-refractivity contribution >= 4 is 17.9 Å². The number of likely N-dealkylation sites (tertiary alicyclic amines) is 2. The fraction of sp³-hybridized carbons (Fsp3) is 0.357. The summed E-state index contributed by atoms with van der Waals surface area (Å²) in [6, 6.07) is 25.2. The molecule has 3 aromatic carbocycles. The number of likely N-dealkylation sites (N-methyl/N-ethyl adjacent to an activating group) is 2. The molecule has 0 radical (unpaired) electrons. The first-order valence-electron chi connectivity index (χ1n) is 18.8. The number of carboxylic acid groups (broad SMARTS) is 1. The average Bonchev–Trinajstić information content (AvgIpc) is 4.04. The Morgan fingerprint density at radius 3 is 1.67 bits per heavy atom. The van der Waals surface area contributed by atoms with Crippen LogP contribution in [0.25, 0.3) is 33.6 Å². The van der Waals surface area contributed by atoms with Crippen molar-refractivity contribution in [3.05, 3.63) is 108 Å². The molecule has 0 aliphatic carbocycles. The number of imidazole rings is 2. The molecule has 0 spiro atoms. The Morgan fingerprint density at radius 1 is 0.741 bits per heavy atom. The third-order valence-electron chi connectivity index (χ3n) is 11.1. The van der Waals surface area contributed by atoms with Crippen molar-refractivity contribution in [2.24, 2.45) is 0 Å². The predicted octanol–water partition coefficient (Wildman–Crippen LogP) is 7.15. The topological polar surface area (TPSA) is 142 Å². The zero-order valence-electron chi connectivity index (χ0n) is 31.3. The summed E-state index contributed by atoms with van der Waals surface area (Å²) in [4.78, 5) is 61.8. The van der Waals surface area contributed by atoms with Crippen LogP contribution in [0.5, 0.6) is 0 Å². The first-order valence-corrected chi connectivity index (χ1v) is 18.8. The second kappa shape index (κ2) is 15.7. The van der Waals surface area contributed by atoms with Gasteiger partial charge in [0, 0.05) is 20.1 Å². The maximum Gasteiger partial charge on any atom is 0.407 e. The first kappa shape index (κ1) is 36.6. The highest BCUT2D eigenvalue weighted by molar-refractivity contribution is 5.85. The average molecular weight is 729 g/mol. The molecule has 2 aliphatic rings. The molecule has 2 fully saturated rings.